The third-order valence-corrected chi connectivity index (χ3v) is 4.49. The fraction of sp³-hybridized carbons (Fsp3) is 0.533. The highest BCUT2D eigenvalue weighted by Gasteiger charge is 2.42. The second kappa shape index (κ2) is 4.80. The number of benzene rings is 1. The van der Waals surface area contributed by atoms with Crippen LogP contribution in [0.1, 0.15) is 30.9 Å². The van der Waals surface area contributed by atoms with Crippen LogP contribution in [0.4, 0.5) is 5.69 Å². The van der Waals surface area contributed by atoms with E-state index in [1.165, 1.54) is 12.8 Å². The molecule has 1 aromatic carbocycles. The number of aromatic nitrogens is 4. The SMILES string of the molecule is Cc1cc(N)ccc1-c1nnnn1C1CCOC1C1CC1. The molecule has 1 saturated heterocycles. The Bertz CT molecular complexity index is 664. The molecular formula is C15H19N5O. The van der Waals surface area contributed by atoms with Crippen LogP contribution >= 0.6 is 0 Å². The van der Waals surface area contributed by atoms with Crippen LogP contribution in [0.2, 0.25) is 0 Å². The van der Waals surface area contributed by atoms with E-state index in [0.717, 1.165) is 35.7 Å². The first kappa shape index (κ1) is 12.8. The van der Waals surface area contributed by atoms with Crippen LogP contribution in [-0.2, 0) is 4.74 Å². The molecule has 2 aliphatic rings. The Hall–Kier alpha value is -1.95. The van der Waals surface area contributed by atoms with Gasteiger partial charge in [-0.15, -0.1) is 5.10 Å². The molecule has 2 fully saturated rings. The molecule has 2 N–H and O–H groups in total. The predicted molar refractivity (Wildman–Crippen MR) is 78.5 cm³/mol. The Labute approximate surface area is 123 Å². The zero-order valence-electron chi connectivity index (χ0n) is 12.1. The molecule has 110 valence electrons. The van der Waals surface area contributed by atoms with Crippen LogP contribution in [0.5, 0.6) is 0 Å². The average Bonchev–Trinajstić information content (AvgIpc) is 3.00. The number of anilines is 1. The summed E-state index contributed by atoms with van der Waals surface area (Å²) in [7, 11) is 0. The van der Waals surface area contributed by atoms with Crippen LogP contribution in [0, 0.1) is 12.8 Å². The molecule has 0 amide bonds. The highest BCUT2D eigenvalue weighted by molar-refractivity contribution is 5.63. The molecule has 1 aliphatic heterocycles. The van der Waals surface area contributed by atoms with Crippen molar-refractivity contribution in [2.24, 2.45) is 5.92 Å². The summed E-state index contributed by atoms with van der Waals surface area (Å²) >= 11 is 0. The summed E-state index contributed by atoms with van der Waals surface area (Å²) in [6.45, 7) is 2.83. The maximum Gasteiger partial charge on any atom is 0.182 e. The fourth-order valence-corrected chi connectivity index (χ4v) is 3.27. The van der Waals surface area contributed by atoms with Crippen molar-refractivity contribution in [3.63, 3.8) is 0 Å². The number of nitrogen functional groups attached to an aromatic ring is 1. The lowest BCUT2D eigenvalue weighted by atomic mass is 10.0. The van der Waals surface area contributed by atoms with E-state index < -0.39 is 0 Å². The van der Waals surface area contributed by atoms with Crippen LogP contribution in [0.25, 0.3) is 11.4 Å². The lowest BCUT2D eigenvalue weighted by Crippen LogP contribution is -2.24. The summed E-state index contributed by atoms with van der Waals surface area (Å²) in [6.07, 6.45) is 3.77. The van der Waals surface area contributed by atoms with E-state index >= 15 is 0 Å². The Morgan fingerprint density at radius 1 is 1.29 bits per heavy atom. The van der Waals surface area contributed by atoms with E-state index in [1.807, 2.05) is 29.8 Å². The van der Waals surface area contributed by atoms with E-state index in [1.54, 1.807) is 0 Å². The molecule has 2 heterocycles. The quantitative estimate of drug-likeness (QED) is 0.872. The molecular weight excluding hydrogens is 266 g/mol. The summed E-state index contributed by atoms with van der Waals surface area (Å²) in [4.78, 5) is 0. The Morgan fingerprint density at radius 3 is 2.90 bits per heavy atom. The molecule has 2 unspecified atom stereocenters. The normalized spacial score (nSPS) is 25.4. The second-order valence-electron chi connectivity index (χ2n) is 6.05. The van der Waals surface area contributed by atoms with Crippen molar-refractivity contribution in [1.82, 2.24) is 20.2 Å². The van der Waals surface area contributed by atoms with E-state index in [0.29, 0.717) is 5.92 Å². The minimum atomic E-state index is 0.249. The first-order valence-corrected chi connectivity index (χ1v) is 7.50. The number of aryl methyl sites for hydroxylation is 1. The van der Waals surface area contributed by atoms with Crippen molar-refractivity contribution in [2.75, 3.05) is 12.3 Å². The second-order valence-corrected chi connectivity index (χ2v) is 6.05. The molecule has 0 bridgehead atoms. The van der Waals surface area contributed by atoms with Crippen molar-refractivity contribution >= 4 is 5.69 Å². The Kier molecular flexibility index (Phi) is 2.92. The molecule has 2 aromatic rings. The molecule has 1 aromatic heterocycles. The van der Waals surface area contributed by atoms with Crippen LogP contribution in [0.3, 0.4) is 0 Å². The van der Waals surface area contributed by atoms with E-state index in [-0.39, 0.29) is 12.1 Å². The number of nitrogens with two attached hydrogens (primary N) is 1. The van der Waals surface area contributed by atoms with E-state index in [2.05, 4.69) is 15.5 Å². The zero-order chi connectivity index (χ0) is 14.4. The topological polar surface area (TPSA) is 78.9 Å². The number of tetrazole rings is 1. The third-order valence-electron chi connectivity index (χ3n) is 4.49. The largest absolute Gasteiger partial charge is 0.399 e. The highest BCUT2D eigenvalue weighted by atomic mass is 16.5. The number of rotatable bonds is 3. The van der Waals surface area contributed by atoms with Gasteiger partial charge >= 0.3 is 0 Å². The van der Waals surface area contributed by atoms with Crippen molar-refractivity contribution in [1.29, 1.82) is 0 Å². The van der Waals surface area contributed by atoms with Crippen LogP contribution < -0.4 is 5.73 Å². The number of nitrogens with zero attached hydrogens (tertiary/aromatic N) is 4. The Balaban J connectivity index is 1.73. The highest BCUT2D eigenvalue weighted by Crippen LogP contribution is 2.44. The standard InChI is InChI=1S/C15H19N5O/c1-9-8-11(16)4-5-12(9)15-17-18-19-20(15)13-6-7-21-14(13)10-2-3-10/h4-5,8,10,13-14H,2-3,6-7,16H2,1H3. The van der Waals surface area contributed by atoms with Gasteiger partial charge in [0.1, 0.15) is 0 Å². The van der Waals surface area contributed by atoms with Crippen molar-refractivity contribution < 1.29 is 4.74 Å². The lowest BCUT2D eigenvalue weighted by molar-refractivity contribution is 0.0725. The molecule has 4 rings (SSSR count). The number of hydrogen-bond acceptors (Lipinski definition) is 5. The van der Waals surface area contributed by atoms with E-state index in [9.17, 15) is 0 Å². The van der Waals surface area contributed by atoms with Crippen molar-refractivity contribution in [3.8, 4) is 11.4 Å². The maximum atomic E-state index is 5.92. The van der Waals surface area contributed by atoms with Crippen LogP contribution in [-0.4, -0.2) is 32.9 Å². The third kappa shape index (κ3) is 2.19. The lowest BCUT2D eigenvalue weighted by Gasteiger charge is -2.19. The molecule has 1 aliphatic carbocycles. The number of ether oxygens (including phenoxy) is 1. The molecule has 6 heteroatoms. The molecule has 0 spiro atoms. The molecule has 2 atom stereocenters. The molecule has 6 nitrogen and oxygen atoms in total. The van der Waals surface area contributed by atoms with Gasteiger partial charge in [0.05, 0.1) is 12.1 Å². The number of hydrogen-bond donors (Lipinski definition) is 1. The molecule has 0 radical (unpaired) electrons. The molecule has 1 saturated carbocycles. The van der Waals surface area contributed by atoms with Gasteiger partial charge in [-0.25, -0.2) is 4.68 Å². The van der Waals surface area contributed by atoms with Crippen molar-refractivity contribution in [2.45, 2.75) is 38.3 Å². The zero-order valence-corrected chi connectivity index (χ0v) is 12.1. The Morgan fingerprint density at radius 2 is 2.14 bits per heavy atom. The van der Waals surface area contributed by atoms with Gasteiger partial charge < -0.3 is 10.5 Å². The monoisotopic (exact) mass is 285 g/mol. The van der Waals surface area contributed by atoms with E-state index in [4.69, 9.17) is 10.5 Å². The summed E-state index contributed by atoms with van der Waals surface area (Å²) in [5, 5.41) is 12.4. The summed E-state index contributed by atoms with van der Waals surface area (Å²) < 4.78 is 7.87. The van der Waals surface area contributed by atoms with Gasteiger partial charge in [-0.05, 0) is 66.3 Å². The summed E-state index contributed by atoms with van der Waals surface area (Å²) in [6, 6.07) is 6.09. The van der Waals surface area contributed by atoms with Gasteiger partial charge in [0, 0.05) is 17.9 Å². The first-order valence-electron chi connectivity index (χ1n) is 7.50. The van der Waals surface area contributed by atoms with Crippen molar-refractivity contribution in [3.05, 3.63) is 23.8 Å². The van der Waals surface area contributed by atoms with Gasteiger partial charge in [0.25, 0.3) is 0 Å². The van der Waals surface area contributed by atoms with Gasteiger partial charge in [0.2, 0.25) is 0 Å². The van der Waals surface area contributed by atoms with Crippen LogP contribution in [0.15, 0.2) is 18.2 Å². The predicted octanol–water partition coefficient (Wildman–Crippen LogP) is 1.97. The maximum absolute atomic E-state index is 5.92. The molecule has 21 heavy (non-hydrogen) atoms. The van der Waals surface area contributed by atoms with Gasteiger partial charge in [-0.3, -0.25) is 0 Å². The minimum Gasteiger partial charge on any atom is -0.399 e. The van der Waals surface area contributed by atoms with Gasteiger partial charge in [-0.1, -0.05) is 0 Å². The minimum absolute atomic E-state index is 0.249. The van der Waals surface area contributed by atoms with Gasteiger partial charge in [-0.2, -0.15) is 0 Å². The smallest absolute Gasteiger partial charge is 0.182 e. The average molecular weight is 285 g/mol. The first-order chi connectivity index (χ1) is 10.2. The summed E-state index contributed by atoms with van der Waals surface area (Å²) in [5.41, 5.74) is 8.72. The van der Waals surface area contributed by atoms with Gasteiger partial charge in [0.15, 0.2) is 5.82 Å². The fourth-order valence-electron chi connectivity index (χ4n) is 3.27. The summed E-state index contributed by atoms with van der Waals surface area (Å²) in [5.74, 6) is 1.50.